The molecule has 3 heterocycles. The maximum absolute atomic E-state index is 12.5. The molecule has 3 aromatic carbocycles. The summed E-state index contributed by atoms with van der Waals surface area (Å²) in [5.74, 6) is -0.365. The number of rotatable bonds is 1. The van der Waals surface area contributed by atoms with Gasteiger partial charge in [-0.1, -0.05) is 36.4 Å². The highest BCUT2D eigenvalue weighted by atomic mass is 16.5. The zero-order valence-corrected chi connectivity index (χ0v) is 14.5. The number of hydrogen-bond acceptors (Lipinski definition) is 2. The fraction of sp³-hybridized carbons (Fsp3) is 0.0455. The second kappa shape index (κ2) is 4.92. The summed E-state index contributed by atoms with van der Waals surface area (Å²) >= 11 is 0. The molecule has 3 aromatic heterocycles. The monoisotopic (exact) mass is 353 g/mol. The Morgan fingerprint density at radius 1 is 0.778 bits per heavy atom. The summed E-state index contributed by atoms with van der Waals surface area (Å²) in [6.45, 7) is 0. The van der Waals surface area contributed by atoms with Crippen LogP contribution in [0.15, 0.2) is 54.7 Å². The van der Waals surface area contributed by atoms with E-state index in [1.807, 2.05) is 30.5 Å². The minimum atomic E-state index is -0.365. The summed E-state index contributed by atoms with van der Waals surface area (Å²) in [4.78, 5) is 22.7. The predicted molar refractivity (Wildman–Crippen MR) is 108 cm³/mol. The standard InChI is InChI=1S/C22H15N3O2/c1-27-22(26)21-18-13(10-23-21)16-11-6-2-4-8-14(11)24-19(16)20-17(18)12-7-3-5-9-15(12)25-20/h2-10,23-25H,1H3. The first kappa shape index (κ1) is 14.4. The van der Waals surface area contributed by atoms with E-state index in [-0.39, 0.29) is 5.97 Å². The van der Waals surface area contributed by atoms with Gasteiger partial charge in [-0.25, -0.2) is 4.79 Å². The van der Waals surface area contributed by atoms with Crippen LogP contribution in [0.4, 0.5) is 0 Å². The van der Waals surface area contributed by atoms with Crippen LogP contribution in [0.25, 0.3) is 54.4 Å². The SMILES string of the molecule is COC(=O)c1[nH]cc2c1c1c3ccccc3[nH]c1c1[nH]c3ccccc3c21. The molecule has 0 aliphatic rings. The second-order valence-electron chi connectivity index (χ2n) is 6.79. The molecule has 5 heteroatoms. The number of aromatic amines is 3. The molecule has 0 aliphatic heterocycles. The third-order valence-corrected chi connectivity index (χ3v) is 5.45. The molecule has 27 heavy (non-hydrogen) atoms. The Morgan fingerprint density at radius 2 is 1.37 bits per heavy atom. The topological polar surface area (TPSA) is 73.7 Å². The fourth-order valence-electron chi connectivity index (χ4n) is 4.34. The van der Waals surface area contributed by atoms with Gasteiger partial charge in [-0.2, -0.15) is 0 Å². The van der Waals surface area contributed by atoms with Gasteiger partial charge in [0.2, 0.25) is 0 Å². The molecule has 0 saturated heterocycles. The summed E-state index contributed by atoms with van der Waals surface area (Å²) in [6.07, 6.45) is 1.91. The van der Waals surface area contributed by atoms with E-state index in [0.717, 1.165) is 54.4 Å². The maximum Gasteiger partial charge on any atom is 0.355 e. The number of fused-ring (bicyclic) bond motifs is 10. The Kier molecular flexibility index (Phi) is 2.63. The third kappa shape index (κ3) is 1.70. The van der Waals surface area contributed by atoms with Crippen molar-refractivity contribution in [2.75, 3.05) is 7.11 Å². The molecule has 0 radical (unpaired) electrons. The van der Waals surface area contributed by atoms with Gasteiger partial charge in [-0.15, -0.1) is 0 Å². The van der Waals surface area contributed by atoms with E-state index in [1.165, 1.54) is 7.11 Å². The lowest BCUT2D eigenvalue weighted by atomic mass is 10.0. The van der Waals surface area contributed by atoms with Crippen LogP contribution >= 0.6 is 0 Å². The molecule has 6 aromatic rings. The highest BCUT2D eigenvalue weighted by molar-refractivity contribution is 6.37. The van der Waals surface area contributed by atoms with Crippen molar-refractivity contribution in [1.82, 2.24) is 15.0 Å². The Morgan fingerprint density at radius 3 is 2.04 bits per heavy atom. The molecule has 0 aliphatic carbocycles. The number of para-hydroxylation sites is 2. The molecule has 0 saturated carbocycles. The summed E-state index contributed by atoms with van der Waals surface area (Å²) in [5, 5.41) is 6.26. The molecular weight excluding hydrogens is 338 g/mol. The van der Waals surface area contributed by atoms with Gasteiger partial charge in [0, 0.05) is 49.5 Å². The summed E-state index contributed by atoms with van der Waals surface area (Å²) in [5.41, 5.74) is 4.64. The van der Waals surface area contributed by atoms with E-state index in [0.29, 0.717) is 5.69 Å². The van der Waals surface area contributed by atoms with Crippen molar-refractivity contribution in [1.29, 1.82) is 0 Å². The maximum atomic E-state index is 12.5. The van der Waals surface area contributed by atoms with Gasteiger partial charge in [0.15, 0.2) is 0 Å². The van der Waals surface area contributed by atoms with Crippen LogP contribution in [0.2, 0.25) is 0 Å². The van der Waals surface area contributed by atoms with Crippen LogP contribution in [0.3, 0.4) is 0 Å². The van der Waals surface area contributed by atoms with Crippen molar-refractivity contribution in [3.63, 3.8) is 0 Å². The van der Waals surface area contributed by atoms with Crippen molar-refractivity contribution >= 4 is 60.4 Å². The largest absolute Gasteiger partial charge is 0.464 e. The molecule has 3 N–H and O–H groups in total. The molecule has 0 fully saturated rings. The van der Waals surface area contributed by atoms with Gasteiger partial charge in [0.1, 0.15) is 5.69 Å². The Balaban J connectivity index is 2.01. The lowest BCUT2D eigenvalue weighted by Crippen LogP contribution is -2.01. The lowest BCUT2D eigenvalue weighted by Gasteiger charge is -2.02. The minimum Gasteiger partial charge on any atom is -0.464 e. The first-order valence-corrected chi connectivity index (χ1v) is 8.80. The Labute approximate surface area is 152 Å². The van der Waals surface area contributed by atoms with Crippen molar-refractivity contribution in [2.24, 2.45) is 0 Å². The van der Waals surface area contributed by atoms with Gasteiger partial charge >= 0.3 is 5.97 Å². The number of hydrogen-bond donors (Lipinski definition) is 3. The number of ether oxygens (including phenoxy) is 1. The zero-order chi connectivity index (χ0) is 18.1. The molecule has 0 unspecified atom stereocenters. The normalized spacial score (nSPS) is 12.0. The molecule has 6 rings (SSSR count). The van der Waals surface area contributed by atoms with Crippen molar-refractivity contribution in [3.05, 3.63) is 60.4 Å². The number of esters is 1. The van der Waals surface area contributed by atoms with Crippen LogP contribution < -0.4 is 0 Å². The van der Waals surface area contributed by atoms with Gasteiger partial charge in [-0.05, 0) is 12.1 Å². The number of carbonyl (C=O) groups excluding carboxylic acids is 1. The van der Waals surface area contributed by atoms with E-state index >= 15 is 0 Å². The van der Waals surface area contributed by atoms with Crippen molar-refractivity contribution in [3.8, 4) is 0 Å². The van der Waals surface area contributed by atoms with Crippen LogP contribution in [0.1, 0.15) is 10.5 Å². The average Bonchev–Trinajstić information content (AvgIpc) is 3.39. The van der Waals surface area contributed by atoms with Crippen molar-refractivity contribution in [2.45, 2.75) is 0 Å². The summed E-state index contributed by atoms with van der Waals surface area (Å²) < 4.78 is 5.03. The first-order chi connectivity index (χ1) is 13.3. The number of H-pyrrole nitrogens is 3. The van der Waals surface area contributed by atoms with Crippen LogP contribution in [-0.4, -0.2) is 28.0 Å². The zero-order valence-electron chi connectivity index (χ0n) is 14.5. The number of benzene rings is 3. The van der Waals surface area contributed by atoms with E-state index in [9.17, 15) is 4.79 Å². The third-order valence-electron chi connectivity index (χ3n) is 5.45. The van der Waals surface area contributed by atoms with Gasteiger partial charge < -0.3 is 19.7 Å². The van der Waals surface area contributed by atoms with E-state index in [2.05, 4.69) is 39.2 Å². The lowest BCUT2D eigenvalue weighted by molar-refractivity contribution is 0.0597. The van der Waals surface area contributed by atoms with E-state index in [4.69, 9.17) is 4.74 Å². The van der Waals surface area contributed by atoms with E-state index < -0.39 is 0 Å². The van der Waals surface area contributed by atoms with Crippen LogP contribution in [0.5, 0.6) is 0 Å². The fourth-order valence-corrected chi connectivity index (χ4v) is 4.34. The number of carbonyl (C=O) groups is 1. The summed E-state index contributed by atoms with van der Waals surface area (Å²) in [6, 6.07) is 16.4. The van der Waals surface area contributed by atoms with Gasteiger partial charge in [-0.3, -0.25) is 0 Å². The minimum absolute atomic E-state index is 0.365. The summed E-state index contributed by atoms with van der Waals surface area (Å²) in [7, 11) is 1.41. The number of methoxy groups -OCH3 is 1. The first-order valence-electron chi connectivity index (χ1n) is 8.80. The van der Waals surface area contributed by atoms with Gasteiger partial charge in [0.25, 0.3) is 0 Å². The average molecular weight is 353 g/mol. The Bertz CT molecular complexity index is 1530. The predicted octanol–water partition coefficient (Wildman–Crippen LogP) is 5.22. The van der Waals surface area contributed by atoms with E-state index in [1.54, 1.807) is 0 Å². The Hall–Kier alpha value is -3.73. The molecule has 0 bridgehead atoms. The van der Waals surface area contributed by atoms with Crippen molar-refractivity contribution < 1.29 is 9.53 Å². The molecule has 130 valence electrons. The molecule has 5 nitrogen and oxygen atoms in total. The van der Waals surface area contributed by atoms with Crippen LogP contribution in [-0.2, 0) is 4.74 Å². The second-order valence-corrected chi connectivity index (χ2v) is 6.79. The number of nitrogens with one attached hydrogen (secondary N) is 3. The quantitative estimate of drug-likeness (QED) is 0.354. The van der Waals surface area contributed by atoms with Crippen LogP contribution in [0, 0.1) is 0 Å². The molecular formula is C22H15N3O2. The smallest absolute Gasteiger partial charge is 0.355 e. The highest BCUT2D eigenvalue weighted by Gasteiger charge is 2.23. The molecule has 0 spiro atoms. The van der Waals surface area contributed by atoms with Gasteiger partial charge in [0.05, 0.1) is 18.1 Å². The highest BCUT2D eigenvalue weighted by Crippen LogP contribution is 2.42. The molecule has 0 amide bonds. The molecule has 0 atom stereocenters. The number of aromatic nitrogens is 3.